The lowest BCUT2D eigenvalue weighted by Gasteiger charge is -2.18. The van der Waals surface area contributed by atoms with Crippen LogP contribution in [0.4, 0.5) is 0 Å². The highest BCUT2D eigenvalue weighted by atomic mass is 32.2. The van der Waals surface area contributed by atoms with Gasteiger partial charge in [-0.05, 0) is 24.3 Å². The van der Waals surface area contributed by atoms with Gasteiger partial charge in [-0.3, -0.25) is 0 Å². The van der Waals surface area contributed by atoms with Gasteiger partial charge in [-0.15, -0.1) is 4.91 Å². The summed E-state index contributed by atoms with van der Waals surface area (Å²) in [7, 11) is -0.272. The van der Waals surface area contributed by atoms with E-state index >= 15 is 0 Å². The minimum Gasteiger partial charge on any atom is -0.381 e. The summed E-state index contributed by atoms with van der Waals surface area (Å²) < 4.78 is 28.4. The molecular formula is C10H18N2O4S. The van der Waals surface area contributed by atoms with Crippen LogP contribution in [0.15, 0.2) is 29.1 Å². The van der Waals surface area contributed by atoms with Crippen molar-refractivity contribution in [3.63, 3.8) is 0 Å². The number of ether oxygens (including phenoxy) is 1. The Balaban J connectivity index is 4.66. The Bertz CT molecular complexity index is 401. The number of allylic oxidation sites excluding steroid dienone is 1. The molecule has 0 amide bonds. The Kier molecular flexibility index (Phi) is 6.86. The van der Waals surface area contributed by atoms with Gasteiger partial charge in [0.1, 0.15) is 5.70 Å². The quantitative estimate of drug-likeness (QED) is 0.509. The fourth-order valence-electron chi connectivity index (χ4n) is 0.966. The number of rotatable bonds is 7. The van der Waals surface area contributed by atoms with E-state index in [4.69, 9.17) is 4.74 Å². The van der Waals surface area contributed by atoms with Gasteiger partial charge in [0.15, 0.2) is 0 Å². The molecule has 0 aromatic carbocycles. The molecule has 0 aliphatic heterocycles. The SMILES string of the molecule is COC/C=C(\C=C/C(C)N(C)S(C)(=O)=O)N=O. The van der Waals surface area contributed by atoms with E-state index in [-0.39, 0.29) is 18.3 Å². The van der Waals surface area contributed by atoms with Gasteiger partial charge in [0.05, 0.1) is 12.9 Å². The zero-order valence-electron chi connectivity index (χ0n) is 10.5. The second kappa shape index (κ2) is 7.31. The van der Waals surface area contributed by atoms with Crippen LogP contribution in [0, 0.1) is 4.91 Å². The lowest BCUT2D eigenvalue weighted by atomic mass is 10.2. The zero-order valence-corrected chi connectivity index (χ0v) is 11.3. The van der Waals surface area contributed by atoms with E-state index < -0.39 is 10.0 Å². The zero-order chi connectivity index (χ0) is 13.5. The summed E-state index contributed by atoms with van der Waals surface area (Å²) in [4.78, 5) is 10.4. The molecule has 0 radical (unpaired) electrons. The van der Waals surface area contributed by atoms with Crippen molar-refractivity contribution in [2.45, 2.75) is 13.0 Å². The molecule has 0 aromatic heterocycles. The highest BCUT2D eigenvalue weighted by Crippen LogP contribution is 2.06. The van der Waals surface area contributed by atoms with Crippen molar-refractivity contribution >= 4 is 10.0 Å². The fourth-order valence-corrected chi connectivity index (χ4v) is 1.64. The molecule has 17 heavy (non-hydrogen) atoms. The summed E-state index contributed by atoms with van der Waals surface area (Å²) in [6.07, 6.45) is 5.69. The normalized spacial score (nSPS) is 15.5. The summed E-state index contributed by atoms with van der Waals surface area (Å²) in [5, 5.41) is 2.80. The van der Waals surface area contributed by atoms with Crippen LogP contribution in [0.2, 0.25) is 0 Å². The van der Waals surface area contributed by atoms with Gasteiger partial charge >= 0.3 is 0 Å². The summed E-state index contributed by atoms with van der Waals surface area (Å²) in [5.41, 5.74) is 0.209. The molecule has 0 aromatic rings. The Morgan fingerprint density at radius 1 is 1.53 bits per heavy atom. The fraction of sp³-hybridized carbons (Fsp3) is 0.600. The van der Waals surface area contributed by atoms with E-state index in [0.29, 0.717) is 0 Å². The van der Waals surface area contributed by atoms with Crippen LogP contribution in [0.25, 0.3) is 0 Å². The highest BCUT2D eigenvalue weighted by Gasteiger charge is 2.15. The maximum Gasteiger partial charge on any atom is 0.211 e. The second-order valence-corrected chi connectivity index (χ2v) is 5.60. The Morgan fingerprint density at radius 3 is 2.53 bits per heavy atom. The largest absolute Gasteiger partial charge is 0.381 e. The van der Waals surface area contributed by atoms with Crippen LogP contribution in [-0.4, -0.2) is 45.8 Å². The first-order valence-corrected chi connectivity index (χ1v) is 6.81. The van der Waals surface area contributed by atoms with Crippen molar-refractivity contribution in [1.29, 1.82) is 0 Å². The molecule has 98 valence electrons. The number of hydrogen-bond acceptors (Lipinski definition) is 5. The maximum absolute atomic E-state index is 11.2. The summed E-state index contributed by atoms with van der Waals surface area (Å²) in [5.74, 6) is 0. The molecule has 0 rings (SSSR count). The predicted octanol–water partition coefficient (Wildman–Crippen LogP) is 1.12. The third kappa shape index (κ3) is 6.30. The molecule has 1 unspecified atom stereocenters. The van der Waals surface area contributed by atoms with Gasteiger partial charge in [0.2, 0.25) is 10.0 Å². The number of nitrogens with zero attached hydrogens (tertiary/aromatic N) is 2. The Hall–Kier alpha value is -1.05. The van der Waals surface area contributed by atoms with E-state index in [2.05, 4.69) is 5.18 Å². The van der Waals surface area contributed by atoms with E-state index in [9.17, 15) is 13.3 Å². The van der Waals surface area contributed by atoms with E-state index in [1.807, 2.05) is 0 Å². The smallest absolute Gasteiger partial charge is 0.211 e. The monoisotopic (exact) mass is 262 g/mol. The summed E-state index contributed by atoms with van der Waals surface area (Å²) in [6.45, 7) is 1.98. The molecule has 6 nitrogen and oxygen atoms in total. The van der Waals surface area contributed by atoms with Crippen LogP contribution in [0.1, 0.15) is 6.92 Å². The third-order valence-corrected chi connectivity index (χ3v) is 3.59. The first-order chi connectivity index (χ1) is 7.82. The van der Waals surface area contributed by atoms with E-state index in [1.54, 1.807) is 13.0 Å². The van der Waals surface area contributed by atoms with Crippen LogP contribution >= 0.6 is 0 Å². The molecule has 0 aliphatic carbocycles. The molecule has 0 heterocycles. The molecular weight excluding hydrogens is 244 g/mol. The summed E-state index contributed by atoms with van der Waals surface area (Å²) >= 11 is 0. The molecule has 1 atom stereocenters. The number of hydrogen-bond donors (Lipinski definition) is 0. The predicted molar refractivity (Wildman–Crippen MR) is 67.0 cm³/mol. The maximum atomic E-state index is 11.2. The lowest BCUT2D eigenvalue weighted by Crippen LogP contribution is -2.32. The molecule has 0 spiro atoms. The minimum absolute atomic E-state index is 0.209. The first kappa shape index (κ1) is 16.0. The lowest BCUT2D eigenvalue weighted by molar-refractivity contribution is 0.233. The molecule has 0 aliphatic rings. The van der Waals surface area contributed by atoms with Crippen LogP contribution in [0.5, 0.6) is 0 Å². The molecule has 7 heteroatoms. The second-order valence-electron chi connectivity index (χ2n) is 3.55. The van der Waals surface area contributed by atoms with Crippen LogP contribution in [0.3, 0.4) is 0 Å². The van der Waals surface area contributed by atoms with Gasteiger partial charge in [-0.2, -0.15) is 4.31 Å². The van der Waals surface area contributed by atoms with Gasteiger partial charge in [-0.25, -0.2) is 8.42 Å². The molecule has 0 N–H and O–H groups in total. The van der Waals surface area contributed by atoms with Crippen LogP contribution in [-0.2, 0) is 14.8 Å². The number of sulfonamides is 1. The van der Waals surface area contributed by atoms with Crippen molar-refractivity contribution < 1.29 is 13.2 Å². The van der Waals surface area contributed by atoms with Gasteiger partial charge in [-0.1, -0.05) is 6.08 Å². The van der Waals surface area contributed by atoms with E-state index in [1.165, 1.54) is 30.6 Å². The van der Waals surface area contributed by atoms with Gasteiger partial charge in [0, 0.05) is 20.2 Å². The van der Waals surface area contributed by atoms with Crippen LogP contribution < -0.4 is 0 Å². The standard InChI is InChI=1S/C10H18N2O4S/c1-9(12(2)17(4,14)15)5-6-10(11-13)7-8-16-3/h5-7,9H,8H2,1-4H3/b6-5-,10-7+. The Morgan fingerprint density at radius 2 is 2.12 bits per heavy atom. The average molecular weight is 262 g/mol. The summed E-state index contributed by atoms with van der Waals surface area (Å²) in [6, 6.07) is -0.349. The van der Waals surface area contributed by atoms with Crippen molar-refractivity contribution in [2.75, 3.05) is 27.0 Å². The van der Waals surface area contributed by atoms with Gasteiger partial charge in [0.25, 0.3) is 0 Å². The number of likely N-dealkylation sites (N-methyl/N-ethyl adjacent to an activating group) is 1. The minimum atomic E-state index is -3.24. The topological polar surface area (TPSA) is 76.0 Å². The van der Waals surface area contributed by atoms with E-state index in [0.717, 1.165) is 6.26 Å². The molecule has 0 fully saturated rings. The highest BCUT2D eigenvalue weighted by molar-refractivity contribution is 7.88. The number of nitroso groups, excluding NO2 is 1. The Labute approximate surface area is 102 Å². The van der Waals surface area contributed by atoms with Crippen molar-refractivity contribution in [1.82, 2.24) is 4.31 Å². The van der Waals surface area contributed by atoms with Gasteiger partial charge < -0.3 is 4.74 Å². The molecule has 0 saturated heterocycles. The van der Waals surface area contributed by atoms with Crippen molar-refractivity contribution in [3.05, 3.63) is 28.8 Å². The van der Waals surface area contributed by atoms with Crippen molar-refractivity contribution in [2.24, 2.45) is 5.18 Å². The molecule has 0 saturated carbocycles. The van der Waals surface area contributed by atoms with Crippen molar-refractivity contribution in [3.8, 4) is 0 Å². The number of methoxy groups -OCH3 is 1. The third-order valence-electron chi connectivity index (χ3n) is 2.21. The molecule has 0 bridgehead atoms. The average Bonchev–Trinajstić information content (AvgIpc) is 2.26. The first-order valence-electron chi connectivity index (χ1n) is 4.96.